The Kier molecular flexibility index (Phi) is 3.29. The van der Waals surface area contributed by atoms with Crippen LogP contribution in [0.2, 0.25) is 0 Å². The van der Waals surface area contributed by atoms with Gasteiger partial charge in [0.2, 0.25) is 5.30 Å². The maximum atomic E-state index is 12.3. The van der Waals surface area contributed by atoms with Gasteiger partial charge in [0.1, 0.15) is 5.78 Å². The van der Waals surface area contributed by atoms with Gasteiger partial charge in [-0.2, -0.15) is 4.89 Å². The van der Waals surface area contributed by atoms with Crippen molar-refractivity contribution in [2.75, 3.05) is 0 Å². The SMILES string of the molecule is C[C@]12CC[C@@H]3c4ccc([P+](=O)O)cc4CC[C@H]3[C@@H]1CCC2=O. The molecule has 0 heterocycles. The van der Waals surface area contributed by atoms with E-state index in [9.17, 15) is 14.3 Å². The molecule has 116 valence electrons. The van der Waals surface area contributed by atoms with Crippen molar-refractivity contribution >= 4 is 19.1 Å². The first-order valence-corrected chi connectivity index (χ1v) is 9.54. The number of carbonyl (C=O) groups is 1. The van der Waals surface area contributed by atoms with Crippen LogP contribution in [-0.2, 0) is 15.8 Å². The van der Waals surface area contributed by atoms with Gasteiger partial charge in [-0.25, -0.2) is 0 Å². The van der Waals surface area contributed by atoms with Crippen LogP contribution >= 0.6 is 8.03 Å². The van der Waals surface area contributed by atoms with Crippen molar-refractivity contribution in [1.82, 2.24) is 0 Å². The fraction of sp³-hybridized carbons (Fsp3) is 0.611. The summed E-state index contributed by atoms with van der Waals surface area (Å²) >= 11 is 0. The predicted octanol–water partition coefficient (Wildman–Crippen LogP) is 3.47. The molecule has 1 unspecified atom stereocenters. The molecule has 2 fully saturated rings. The zero-order chi connectivity index (χ0) is 15.5. The number of rotatable bonds is 1. The number of aryl methyl sites for hydroxylation is 1. The van der Waals surface area contributed by atoms with Crippen LogP contribution in [-0.4, -0.2) is 10.7 Å². The van der Waals surface area contributed by atoms with Crippen LogP contribution in [0.25, 0.3) is 0 Å². The monoisotopic (exact) mass is 317 g/mol. The molecule has 1 N–H and O–H groups in total. The average Bonchev–Trinajstić information content (AvgIpc) is 2.82. The molecule has 3 nitrogen and oxygen atoms in total. The second-order valence-electron chi connectivity index (χ2n) is 7.49. The van der Waals surface area contributed by atoms with Crippen molar-refractivity contribution in [2.45, 2.75) is 51.4 Å². The first-order chi connectivity index (χ1) is 10.5. The minimum Gasteiger partial charge on any atom is -0.299 e. The smallest absolute Gasteiger partial charge is 0.299 e. The Balaban J connectivity index is 1.70. The van der Waals surface area contributed by atoms with Gasteiger partial charge < -0.3 is 0 Å². The summed E-state index contributed by atoms with van der Waals surface area (Å²) in [7, 11) is -2.25. The lowest BCUT2D eigenvalue weighted by Crippen LogP contribution is -2.42. The van der Waals surface area contributed by atoms with E-state index in [0.717, 1.165) is 38.5 Å². The number of Topliss-reactive ketones (excluding diaryl/α,β-unsaturated/α-hetero) is 1. The fourth-order valence-corrected chi connectivity index (χ4v) is 5.93. The summed E-state index contributed by atoms with van der Waals surface area (Å²) in [4.78, 5) is 21.6. The van der Waals surface area contributed by atoms with E-state index in [1.54, 1.807) is 0 Å². The van der Waals surface area contributed by atoms with Crippen LogP contribution in [0, 0.1) is 17.3 Å². The highest BCUT2D eigenvalue weighted by Gasteiger charge is 2.54. The molecule has 3 aliphatic carbocycles. The van der Waals surface area contributed by atoms with Gasteiger partial charge in [0.25, 0.3) is 0 Å². The van der Waals surface area contributed by atoms with Crippen molar-refractivity contribution < 1.29 is 14.3 Å². The molecule has 4 heteroatoms. The van der Waals surface area contributed by atoms with Gasteiger partial charge >= 0.3 is 8.03 Å². The topological polar surface area (TPSA) is 54.4 Å². The average molecular weight is 317 g/mol. The maximum Gasteiger partial charge on any atom is 0.546 e. The van der Waals surface area contributed by atoms with E-state index < -0.39 is 8.03 Å². The van der Waals surface area contributed by atoms with Gasteiger partial charge in [0.05, 0.1) is 0 Å². The third-order valence-electron chi connectivity index (χ3n) is 6.64. The van der Waals surface area contributed by atoms with E-state index in [1.165, 1.54) is 11.1 Å². The summed E-state index contributed by atoms with van der Waals surface area (Å²) in [6, 6.07) is 5.82. The van der Waals surface area contributed by atoms with Gasteiger partial charge in [0, 0.05) is 11.8 Å². The molecule has 0 aliphatic heterocycles. The lowest BCUT2D eigenvalue weighted by molar-refractivity contribution is -0.129. The first kappa shape index (κ1) is 14.5. The zero-order valence-electron chi connectivity index (χ0n) is 12.9. The van der Waals surface area contributed by atoms with E-state index in [1.807, 2.05) is 12.1 Å². The second kappa shape index (κ2) is 4.97. The van der Waals surface area contributed by atoms with E-state index in [2.05, 4.69) is 13.0 Å². The molecule has 1 aromatic rings. The van der Waals surface area contributed by atoms with Crippen LogP contribution in [0.3, 0.4) is 0 Å². The Labute approximate surface area is 132 Å². The Hall–Kier alpha value is -1.05. The fourth-order valence-electron chi connectivity index (χ4n) is 5.46. The molecule has 0 radical (unpaired) electrons. The molecular weight excluding hydrogens is 295 g/mol. The molecule has 22 heavy (non-hydrogen) atoms. The number of fused-ring (bicyclic) bond motifs is 5. The summed E-state index contributed by atoms with van der Waals surface area (Å²) in [6.45, 7) is 2.19. The van der Waals surface area contributed by atoms with Crippen LogP contribution in [0.1, 0.15) is 56.1 Å². The molecular formula is C18H22O3P+. The highest BCUT2D eigenvalue weighted by Crippen LogP contribution is 2.59. The van der Waals surface area contributed by atoms with E-state index in [0.29, 0.717) is 28.8 Å². The summed E-state index contributed by atoms with van der Waals surface area (Å²) in [5.41, 5.74) is 2.55. The van der Waals surface area contributed by atoms with Crippen LogP contribution in [0.15, 0.2) is 18.2 Å². The third-order valence-corrected chi connectivity index (χ3v) is 7.36. The molecule has 2 saturated carbocycles. The molecule has 0 bridgehead atoms. The van der Waals surface area contributed by atoms with Crippen LogP contribution in [0.5, 0.6) is 0 Å². The quantitative estimate of drug-likeness (QED) is 0.807. The molecule has 0 spiro atoms. The minimum atomic E-state index is -2.25. The molecule has 5 atom stereocenters. The van der Waals surface area contributed by atoms with E-state index in [4.69, 9.17) is 0 Å². The van der Waals surface area contributed by atoms with Crippen molar-refractivity contribution in [3.05, 3.63) is 29.3 Å². The first-order valence-electron chi connectivity index (χ1n) is 8.33. The summed E-state index contributed by atoms with van der Waals surface area (Å²) in [5.74, 6) is 2.18. The van der Waals surface area contributed by atoms with Gasteiger partial charge in [0.15, 0.2) is 0 Å². The Bertz CT molecular complexity index is 668. The second-order valence-corrected chi connectivity index (χ2v) is 8.55. The summed E-state index contributed by atoms with van der Waals surface area (Å²) in [5, 5.41) is 0.545. The summed E-state index contributed by atoms with van der Waals surface area (Å²) < 4.78 is 11.3. The predicted molar refractivity (Wildman–Crippen MR) is 85.5 cm³/mol. The number of hydrogen-bond donors (Lipinski definition) is 1. The Morgan fingerprint density at radius 1 is 1.23 bits per heavy atom. The molecule has 0 amide bonds. The van der Waals surface area contributed by atoms with E-state index in [-0.39, 0.29) is 5.41 Å². The Morgan fingerprint density at radius 2 is 2.05 bits per heavy atom. The zero-order valence-corrected chi connectivity index (χ0v) is 13.8. The molecule has 4 rings (SSSR count). The van der Waals surface area contributed by atoms with Gasteiger partial charge in [-0.3, -0.25) is 4.79 Å². The lowest BCUT2D eigenvalue weighted by atomic mass is 9.55. The van der Waals surface area contributed by atoms with Crippen LogP contribution < -0.4 is 5.30 Å². The molecule has 3 aliphatic rings. The number of ketones is 1. The van der Waals surface area contributed by atoms with Gasteiger partial charge in [-0.1, -0.05) is 13.0 Å². The van der Waals surface area contributed by atoms with Crippen molar-refractivity contribution in [3.63, 3.8) is 0 Å². The van der Waals surface area contributed by atoms with Crippen LogP contribution in [0.4, 0.5) is 0 Å². The highest BCUT2D eigenvalue weighted by molar-refractivity contribution is 7.47. The Morgan fingerprint density at radius 3 is 2.82 bits per heavy atom. The molecule has 0 saturated heterocycles. The number of hydrogen-bond acceptors (Lipinski definition) is 2. The third kappa shape index (κ3) is 1.95. The lowest BCUT2D eigenvalue weighted by Gasteiger charge is -2.48. The summed E-state index contributed by atoms with van der Waals surface area (Å²) in [6.07, 6.45) is 6.02. The molecule has 1 aromatic carbocycles. The highest BCUT2D eigenvalue weighted by atomic mass is 31.1. The molecule has 0 aromatic heterocycles. The maximum absolute atomic E-state index is 12.3. The number of benzene rings is 1. The minimum absolute atomic E-state index is 0.0763. The largest absolute Gasteiger partial charge is 0.546 e. The normalized spacial score (nSPS) is 37.3. The van der Waals surface area contributed by atoms with E-state index >= 15 is 0 Å². The van der Waals surface area contributed by atoms with Crippen molar-refractivity contribution in [2.24, 2.45) is 17.3 Å². The standard InChI is InChI=1S/C18H21O3P/c1-18-9-8-14-13-5-3-12(22(20)21)10-11(13)2-4-15(14)16(18)6-7-17(18)19/h3,5,10,14-16H,2,4,6-9H2,1H3/p+1/t14-,15-,16+,18+/m1/s1. The number of carbonyl (C=O) groups excluding carboxylic acids is 1. The van der Waals surface area contributed by atoms with Crippen molar-refractivity contribution in [1.29, 1.82) is 0 Å². The van der Waals surface area contributed by atoms with Gasteiger partial charge in [-0.15, -0.1) is 0 Å². The van der Waals surface area contributed by atoms with Crippen molar-refractivity contribution in [3.8, 4) is 0 Å². The van der Waals surface area contributed by atoms with Gasteiger partial charge in [-0.05, 0) is 77.7 Å².